The monoisotopic (exact) mass is 181 g/mol. The number of hydrogen-bond donors (Lipinski definition) is 1. The normalized spacial score (nSPS) is 9.42. The molecule has 0 atom stereocenters. The van der Waals surface area contributed by atoms with Crippen LogP contribution in [0, 0.1) is 6.92 Å². The molecule has 0 aliphatic rings. The number of aryl methyl sites for hydroxylation is 1. The van der Waals surface area contributed by atoms with Gasteiger partial charge in [0.2, 0.25) is 5.91 Å². The van der Waals surface area contributed by atoms with Crippen molar-refractivity contribution in [1.29, 1.82) is 0 Å². The minimum absolute atomic E-state index is 0.126. The van der Waals surface area contributed by atoms with E-state index in [1.807, 2.05) is 12.3 Å². The lowest BCUT2D eigenvalue weighted by Crippen LogP contribution is -2.19. The first-order valence-corrected chi connectivity index (χ1v) is 4.54. The molecule has 0 radical (unpaired) electrons. The summed E-state index contributed by atoms with van der Waals surface area (Å²) in [5, 5.41) is 4.75. The van der Waals surface area contributed by atoms with Gasteiger partial charge in [-0.2, -0.15) is 0 Å². The molecule has 2 nitrogen and oxygen atoms in total. The smallest absolute Gasteiger partial charge is 0.243 e. The predicted octanol–water partition coefficient (Wildman–Crippen LogP) is 1.86. The number of amides is 1. The second-order valence-corrected chi connectivity index (χ2v) is 3.60. The van der Waals surface area contributed by atoms with Crippen molar-refractivity contribution in [1.82, 2.24) is 5.32 Å². The van der Waals surface area contributed by atoms with Gasteiger partial charge < -0.3 is 5.32 Å². The predicted molar refractivity (Wildman–Crippen MR) is 51.1 cm³/mol. The minimum atomic E-state index is -0.126. The van der Waals surface area contributed by atoms with Gasteiger partial charge in [-0.1, -0.05) is 6.58 Å². The van der Waals surface area contributed by atoms with Crippen molar-refractivity contribution in [2.75, 3.05) is 0 Å². The van der Waals surface area contributed by atoms with Crippen LogP contribution < -0.4 is 5.32 Å². The van der Waals surface area contributed by atoms with Gasteiger partial charge in [0.25, 0.3) is 0 Å². The van der Waals surface area contributed by atoms with Crippen molar-refractivity contribution >= 4 is 17.2 Å². The van der Waals surface area contributed by atoms with E-state index < -0.39 is 0 Å². The molecule has 3 heteroatoms. The summed E-state index contributed by atoms with van der Waals surface area (Å²) in [6.45, 7) is 6.01. The van der Waals surface area contributed by atoms with Gasteiger partial charge in [-0.25, -0.2) is 0 Å². The second kappa shape index (κ2) is 4.07. The topological polar surface area (TPSA) is 29.1 Å². The molecule has 12 heavy (non-hydrogen) atoms. The summed E-state index contributed by atoms with van der Waals surface area (Å²) < 4.78 is 0. The Hall–Kier alpha value is -1.09. The lowest BCUT2D eigenvalue weighted by Gasteiger charge is -1.97. The van der Waals surface area contributed by atoms with Crippen molar-refractivity contribution in [2.45, 2.75) is 13.5 Å². The van der Waals surface area contributed by atoms with E-state index in [1.54, 1.807) is 11.3 Å². The summed E-state index contributed by atoms with van der Waals surface area (Å²) in [6.07, 6.45) is 1.28. The first-order chi connectivity index (χ1) is 5.72. The fourth-order valence-corrected chi connectivity index (χ4v) is 1.56. The summed E-state index contributed by atoms with van der Waals surface area (Å²) in [7, 11) is 0. The Morgan fingerprint density at radius 3 is 3.08 bits per heavy atom. The molecule has 0 unspecified atom stereocenters. The van der Waals surface area contributed by atoms with Gasteiger partial charge in [0.05, 0.1) is 0 Å². The molecule has 1 rings (SSSR count). The van der Waals surface area contributed by atoms with Gasteiger partial charge >= 0.3 is 0 Å². The van der Waals surface area contributed by atoms with Crippen molar-refractivity contribution in [3.8, 4) is 0 Å². The summed E-state index contributed by atoms with van der Waals surface area (Å²) >= 11 is 1.69. The number of thiophene rings is 1. The Morgan fingerprint density at radius 2 is 2.58 bits per heavy atom. The van der Waals surface area contributed by atoms with Crippen LogP contribution in [-0.4, -0.2) is 5.91 Å². The Kier molecular flexibility index (Phi) is 3.05. The van der Waals surface area contributed by atoms with Crippen LogP contribution in [0.3, 0.4) is 0 Å². The molecular formula is C9H11NOS. The molecule has 64 valence electrons. The fourth-order valence-electron chi connectivity index (χ4n) is 0.852. The highest BCUT2D eigenvalue weighted by Gasteiger charge is 1.97. The van der Waals surface area contributed by atoms with Crippen LogP contribution in [-0.2, 0) is 11.3 Å². The zero-order chi connectivity index (χ0) is 8.97. The zero-order valence-electron chi connectivity index (χ0n) is 6.96. The molecule has 0 saturated heterocycles. The van der Waals surface area contributed by atoms with Crippen molar-refractivity contribution < 1.29 is 4.79 Å². The third-order valence-corrected chi connectivity index (χ3v) is 2.35. The van der Waals surface area contributed by atoms with Crippen LogP contribution in [0.25, 0.3) is 0 Å². The third kappa shape index (κ3) is 2.51. The molecule has 0 bridgehead atoms. The summed E-state index contributed by atoms with van der Waals surface area (Å²) in [5.41, 5.74) is 1.15. The van der Waals surface area contributed by atoms with E-state index >= 15 is 0 Å². The lowest BCUT2D eigenvalue weighted by molar-refractivity contribution is -0.116. The number of hydrogen-bond acceptors (Lipinski definition) is 2. The molecule has 1 heterocycles. The van der Waals surface area contributed by atoms with Gasteiger partial charge in [0, 0.05) is 11.4 Å². The Bertz CT molecular complexity index is 290. The molecule has 0 fully saturated rings. The van der Waals surface area contributed by atoms with Crippen LogP contribution in [0.5, 0.6) is 0 Å². The van der Waals surface area contributed by atoms with Crippen molar-refractivity contribution in [2.24, 2.45) is 0 Å². The van der Waals surface area contributed by atoms with Gasteiger partial charge in [-0.05, 0) is 30.0 Å². The van der Waals surface area contributed by atoms with Gasteiger partial charge in [0.15, 0.2) is 0 Å². The van der Waals surface area contributed by atoms with Crippen LogP contribution >= 0.6 is 11.3 Å². The molecular weight excluding hydrogens is 170 g/mol. The van der Waals surface area contributed by atoms with E-state index in [2.05, 4.69) is 18.0 Å². The van der Waals surface area contributed by atoms with Crippen LogP contribution in [0.2, 0.25) is 0 Å². The van der Waals surface area contributed by atoms with Crippen LogP contribution in [0.1, 0.15) is 10.4 Å². The number of carbonyl (C=O) groups excluding carboxylic acids is 1. The molecule has 0 aliphatic heterocycles. The molecule has 1 amide bonds. The van der Waals surface area contributed by atoms with E-state index in [9.17, 15) is 4.79 Å². The molecule has 0 aromatic carbocycles. The van der Waals surface area contributed by atoms with Crippen LogP contribution in [0.4, 0.5) is 0 Å². The van der Waals surface area contributed by atoms with E-state index in [-0.39, 0.29) is 5.91 Å². The summed E-state index contributed by atoms with van der Waals surface area (Å²) in [4.78, 5) is 12.0. The molecule has 1 aromatic heterocycles. The Balaban J connectivity index is 2.43. The van der Waals surface area contributed by atoms with E-state index in [0.29, 0.717) is 6.54 Å². The molecule has 1 N–H and O–H groups in total. The maximum Gasteiger partial charge on any atom is 0.243 e. The highest BCUT2D eigenvalue weighted by atomic mass is 32.1. The first-order valence-electron chi connectivity index (χ1n) is 3.66. The maximum atomic E-state index is 10.8. The van der Waals surface area contributed by atoms with Crippen LogP contribution in [0.15, 0.2) is 24.1 Å². The van der Waals surface area contributed by atoms with Gasteiger partial charge in [-0.3, -0.25) is 4.79 Å². The minimum Gasteiger partial charge on any atom is -0.348 e. The summed E-state index contributed by atoms with van der Waals surface area (Å²) in [5.74, 6) is -0.126. The van der Waals surface area contributed by atoms with Gasteiger partial charge in [0.1, 0.15) is 0 Å². The molecule has 1 aromatic rings. The second-order valence-electron chi connectivity index (χ2n) is 2.49. The Morgan fingerprint density at radius 1 is 1.83 bits per heavy atom. The van der Waals surface area contributed by atoms with E-state index in [1.165, 1.54) is 11.0 Å². The number of rotatable bonds is 3. The standard InChI is InChI=1S/C9H11NOS/c1-3-9(11)10-5-8-4-7(2)12-6-8/h3-4,6H,1,5H2,2H3,(H,10,11). The quantitative estimate of drug-likeness (QED) is 0.708. The molecule has 0 saturated carbocycles. The van der Waals surface area contributed by atoms with E-state index in [0.717, 1.165) is 5.56 Å². The average Bonchev–Trinajstić information content (AvgIpc) is 2.47. The molecule has 0 spiro atoms. The maximum absolute atomic E-state index is 10.8. The number of carbonyl (C=O) groups is 1. The zero-order valence-corrected chi connectivity index (χ0v) is 7.78. The third-order valence-electron chi connectivity index (χ3n) is 1.44. The largest absolute Gasteiger partial charge is 0.348 e. The Labute approximate surface area is 75.9 Å². The van der Waals surface area contributed by atoms with E-state index in [4.69, 9.17) is 0 Å². The van der Waals surface area contributed by atoms with Gasteiger partial charge in [-0.15, -0.1) is 11.3 Å². The lowest BCUT2D eigenvalue weighted by atomic mass is 10.3. The SMILES string of the molecule is C=CC(=O)NCc1csc(C)c1. The van der Waals surface area contributed by atoms with Crippen molar-refractivity contribution in [3.05, 3.63) is 34.5 Å². The number of nitrogens with one attached hydrogen (secondary N) is 1. The summed E-state index contributed by atoms with van der Waals surface area (Å²) in [6, 6.07) is 2.06. The first kappa shape index (κ1) is 9.00. The fraction of sp³-hybridized carbons (Fsp3) is 0.222. The average molecular weight is 181 g/mol. The highest BCUT2D eigenvalue weighted by molar-refractivity contribution is 7.10. The molecule has 0 aliphatic carbocycles. The van der Waals surface area contributed by atoms with Crippen molar-refractivity contribution in [3.63, 3.8) is 0 Å². The highest BCUT2D eigenvalue weighted by Crippen LogP contribution is 2.12.